The van der Waals surface area contributed by atoms with Crippen LogP contribution in [0.15, 0.2) is 53.0 Å². The minimum atomic E-state index is 0.107. The number of hydrogen-bond donors (Lipinski definition) is 0. The number of carbonyl (C=O) groups is 1. The normalized spacial score (nSPS) is 18.0. The van der Waals surface area contributed by atoms with Crippen LogP contribution in [0.5, 0.6) is 0 Å². The Labute approximate surface area is 156 Å². The summed E-state index contributed by atoms with van der Waals surface area (Å²) >= 11 is 5.26. The third kappa shape index (κ3) is 3.70. The van der Waals surface area contributed by atoms with Gasteiger partial charge in [-0.1, -0.05) is 61.0 Å². The van der Waals surface area contributed by atoms with Gasteiger partial charge in [0.1, 0.15) is 5.37 Å². The third-order valence-electron chi connectivity index (χ3n) is 4.30. The predicted octanol–water partition coefficient (Wildman–Crippen LogP) is 5.63. The van der Waals surface area contributed by atoms with E-state index in [-0.39, 0.29) is 16.7 Å². The van der Waals surface area contributed by atoms with Crippen LogP contribution in [0.1, 0.15) is 47.6 Å². The standard InChI is InChI=1S/C20H22BrNOS/c1-20(2,3)16-8-4-15(5-9-16)19-22(12-13-24-19)18(23)14-6-10-17(21)11-7-14/h4-11,19H,12-13H2,1-3H3. The molecule has 0 spiro atoms. The monoisotopic (exact) mass is 403 g/mol. The van der Waals surface area contributed by atoms with Crippen molar-refractivity contribution < 1.29 is 4.79 Å². The van der Waals surface area contributed by atoms with Gasteiger partial charge in [-0.25, -0.2) is 0 Å². The fraction of sp³-hybridized carbons (Fsp3) is 0.350. The maximum atomic E-state index is 12.9. The minimum absolute atomic E-state index is 0.107. The molecule has 1 unspecified atom stereocenters. The van der Waals surface area contributed by atoms with Gasteiger partial charge in [-0.3, -0.25) is 4.79 Å². The topological polar surface area (TPSA) is 20.3 Å². The third-order valence-corrected chi connectivity index (χ3v) is 6.09. The van der Waals surface area contributed by atoms with Crippen LogP contribution in [0, 0.1) is 0 Å². The Kier molecular flexibility index (Phi) is 5.07. The molecule has 0 saturated carbocycles. The Bertz CT molecular complexity index is 719. The van der Waals surface area contributed by atoms with E-state index in [1.54, 1.807) is 0 Å². The molecule has 1 aliphatic rings. The quantitative estimate of drug-likeness (QED) is 0.646. The van der Waals surface area contributed by atoms with Gasteiger partial charge in [-0.2, -0.15) is 0 Å². The molecule has 0 bridgehead atoms. The van der Waals surface area contributed by atoms with Gasteiger partial charge in [0, 0.05) is 22.3 Å². The number of halogens is 1. The second-order valence-electron chi connectivity index (χ2n) is 7.10. The molecule has 1 saturated heterocycles. The van der Waals surface area contributed by atoms with E-state index in [1.807, 2.05) is 40.9 Å². The van der Waals surface area contributed by atoms with Gasteiger partial charge in [-0.15, -0.1) is 11.8 Å². The molecule has 24 heavy (non-hydrogen) atoms. The summed E-state index contributed by atoms with van der Waals surface area (Å²) in [6, 6.07) is 16.3. The van der Waals surface area contributed by atoms with Crippen LogP contribution in [-0.4, -0.2) is 23.1 Å². The molecule has 2 aromatic rings. The Morgan fingerprint density at radius 3 is 2.29 bits per heavy atom. The molecule has 0 radical (unpaired) electrons. The van der Waals surface area contributed by atoms with E-state index >= 15 is 0 Å². The lowest BCUT2D eigenvalue weighted by Gasteiger charge is -2.25. The van der Waals surface area contributed by atoms with E-state index in [0.29, 0.717) is 0 Å². The zero-order valence-electron chi connectivity index (χ0n) is 14.3. The summed E-state index contributed by atoms with van der Waals surface area (Å²) in [5.41, 5.74) is 3.42. The van der Waals surface area contributed by atoms with E-state index < -0.39 is 0 Å². The molecule has 0 N–H and O–H groups in total. The predicted molar refractivity (Wildman–Crippen MR) is 106 cm³/mol. The summed E-state index contributed by atoms with van der Waals surface area (Å²) < 4.78 is 0.990. The minimum Gasteiger partial charge on any atom is -0.322 e. The summed E-state index contributed by atoms with van der Waals surface area (Å²) in [4.78, 5) is 14.9. The van der Waals surface area contributed by atoms with Gasteiger partial charge < -0.3 is 4.90 Å². The van der Waals surface area contributed by atoms with E-state index in [2.05, 4.69) is 61.0 Å². The number of carbonyl (C=O) groups excluding carboxylic acids is 1. The van der Waals surface area contributed by atoms with Crippen LogP contribution in [0.4, 0.5) is 0 Å². The fourth-order valence-corrected chi connectivity index (χ4v) is 4.38. The van der Waals surface area contributed by atoms with Crippen LogP contribution in [0.3, 0.4) is 0 Å². The lowest BCUT2D eigenvalue weighted by Crippen LogP contribution is -2.30. The zero-order chi connectivity index (χ0) is 17.3. The van der Waals surface area contributed by atoms with Crippen molar-refractivity contribution in [3.8, 4) is 0 Å². The van der Waals surface area contributed by atoms with Crippen molar-refractivity contribution in [1.29, 1.82) is 0 Å². The Hall–Kier alpha value is -1.26. The molecule has 126 valence electrons. The first kappa shape index (κ1) is 17.6. The van der Waals surface area contributed by atoms with Crippen LogP contribution in [0.25, 0.3) is 0 Å². The number of amides is 1. The molecule has 1 aliphatic heterocycles. The summed E-state index contributed by atoms with van der Waals surface area (Å²) in [6.45, 7) is 7.45. The van der Waals surface area contributed by atoms with E-state index in [4.69, 9.17) is 0 Å². The molecule has 1 fully saturated rings. The van der Waals surface area contributed by atoms with Crippen molar-refractivity contribution in [3.63, 3.8) is 0 Å². The second kappa shape index (κ2) is 6.93. The lowest BCUT2D eigenvalue weighted by molar-refractivity contribution is 0.0760. The number of benzene rings is 2. The molecule has 0 aromatic heterocycles. The smallest absolute Gasteiger partial charge is 0.255 e. The Balaban J connectivity index is 1.82. The highest BCUT2D eigenvalue weighted by molar-refractivity contribution is 9.10. The second-order valence-corrected chi connectivity index (χ2v) is 9.20. The highest BCUT2D eigenvalue weighted by atomic mass is 79.9. The van der Waals surface area contributed by atoms with Crippen molar-refractivity contribution in [2.24, 2.45) is 0 Å². The summed E-state index contributed by atoms with van der Waals surface area (Å²) in [5, 5.41) is 0.107. The van der Waals surface area contributed by atoms with Crippen molar-refractivity contribution in [2.75, 3.05) is 12.3 Å². The van der Waals surface area contributed by atoms with E-state index in [9.17, 15) is 4.79 Å². The van der Waals surface area contributed by atoms with Crippen molar-refractivity contribution in [2.45, 2.75) is 31.6 Å². The maximum Gasteiger partial charge on any atom is 0.255 e. The van der Waals surface area contributed by atoms with Gasteiger partial charge in [-0.05, 0) is 40.8 Å². The average Bonchev–Trinajstić information content (AvgIpc) is 3.04. The highest BCUT2D eigenvalue weighted by Crippen LogP contribution is 2.39. The van der Waals surface area contributed by atoms with Crippen LogP contribution in [0.2, 0.25) is 0 Å². The van der Waals surface area contributed by atoms with E-state index in [1.165, 1.54) is 11.1 Å². The fourth-order valence-electron chi connectivity index (χ4n) is 2.86. The Morgan fingerprint density at radius 1 is 1.08 bits per heavy atom. The first-order valence-electron chi connectivity index (χ1n) is 8.15. The number of rotatable bonds is 2. The molecule has 1 heterocycles. The van der Waals surface area contributed by atoms with Gasteiger partial charge in [0.15, 0.2) is 0 Å². The highest BCUT2D eigenvalue weighted by Gasteiger charge is 2.31. The van der Waals surface area contributed by atoms with E-state index in [0.717, 1.165) is 22.3 Å². The SMILES string of the molecule is CC(C)(C)c1ccc(C2SCCN2C(=O)c2ccc(Br)cc2)cc1. The molecule has 0 aliphatic carbocycles. The number of thioether (sulfide) groups is 1. The van der Waals surface area contributed by atoms with Crippen molar-refractivity contribution >= 4 is 33.6 Å². The average molecular weight is 404 g/mol. The molecule has 2 nitrogen and oxygen atoms in total. The lowest BCUT2D eigenvalue weighted by atomic mass is 9.86. The van der Waals surface area contributed by atoms with Gasteiger partial charge in [0.25, 0.3) is 5.91 Å². The molecule has 3 rings (SSSR count). The van der Waals surface area contributed by atoms with Gasteiger partial charge >= 0.3 is 0 Å². The summed E-state index contributed by atoms with van der Waals surface area (Å²) in [5.74, 6) is 1.09. The largest absolute Gasteiger partial charge is 0.322 e. The van der Waals surface area contributed by atoms with Gasteiger partial charge in [0.2, 0.25) is 0 Å². The maximum absolute atomic E-state index is 12.9. The van der Waals surface area contributed by atoms with Crippen LogP contribution < -0.4 is 0 Å². The van der Waals surface area contributed by atoms with Crippen LogP contribution in [-0.2, 0) is 5.41 Å². The number of nitrogens with zero attached hydrogens (tertiary/aromatic N) is 1. The van der Waals surface area contributed by atoms with Crippen molar-refractivity contribution in [1.82, 2.24) is 4.90 Å². The van der Waals surface area contributed by atoms with Crippen molar-refractivity contribution in [3.05, 3.63) is 69.7 Å². The molecule has 2 aromatic carbocycles. The first-order chi connectivity index (χ1) is 11.4. The molecule has 1 atom stereocenters. The first-order valence-corrected chi connectivity index (χ1v) is 9.99. The summed E-state index contributed by atoms with van der Waals surface area (Å²) in [7, 11) is 0. The zero-order valence-corrected chi connectivity index (χ0v) is 16.7. The molecule has 1 amide bonds. The molecule has 4 heteroatoms. The molecular formula is C20H22BrNOS. The van der Waals surface area contributed by atoms with Gasteiger partial charge in [0.05, 0.1) is 0 Å². The van der Waals surface area contributed by atoms with Crippen LogP contribution >= 0.6 is 27.7 Å². The number of hydrogen-bond acceptors (Lipinski definition) is 2. The summed E-state index contributed by atoms with van der Waals surface area (Å²) in [6.07, 6.45) is 0. The Morgan fingerprint density at radius 2 is 1.71 bits per heavy atom. The molecular weight excluding hydrogens is 382 g/mol.